The highest BCUT2D eigenvalue weighted by molar-refractivity contribution is 6.03. The van der Waals surface area contributed by atoms with Crippen molar-refractivity contribution < 1.29 is 9.90 Å². The molecule has 2 aromatic rings. The second-order valence-electron chi connectivity index (χ2n) is 5.52. The van der Waals surface area contributed by atoms with Crippen LogP contribution >= 0.6 is 0 Å². The third-order valence-corrected chi connectivity index (χ3v) is 4.09. The van der Waals surface area contributed by atoms with Gasteiger partial charge in [-0.05, 0) is 37.3 Å². The Morgan fingerprint density at radius 1 is 1.29 bits per heavy atom. The molecule has 21 heavy (non-hydrogen) atoms. The van der Waals surface area contributed by atoms with Crippen LogP contribution in [0.2, 0.25) is 0 Å². The highest BCUT2D eigenvalue weighted by Crippen LogP contribution is 2.28. The van der Waals surface area contributed by atoms with Gasteiger partial charge in [0.15, 0.2) is 0 Å². The smallest absolute Gasteiger partial charge is 0.255 e. The highest BCUT2D eigenvalue weighted by atomic mass is 16.3. The number of rotatable bonds is 4. The average molecular weight is 284 g/mol. The zero-order valence-corrected chi connectivity index (χ0v) is 11.9. The van der Waals surface area contributed by atoms with E-state index < -0.39 is 0 Å². The Balaban J connectivity index is 1.68. The molecule has 3 rings (SSSR count). The van der Waals surface area contributed by atoms with Crippen LogP contribution in [0.3, 0.4) is 0 Å². The molecule has 0 aromatic heterocycles. The summed E-state index contributed by atoms with van der Waals surface area (Å²) in [6.07, 6.45) is 3.32. The number of phenols is 1. The van der Waals surface area contributed by atoms with E-state index in [9.17, 15) is 9.90 Å². The van der Waals surface area contributed by atoms with E-state index in [0.717, 1.165) is 18.4 Å². The van der Waals surface area contributed by atoms with E-state index in [0.29, 0.717) is 23.5 Å². The molecule has 4 heteroatoms. The molecule has 0 spiro atoms. The summed E-state index contributed by atoms with van der Waals surface area (Å²) in [5, 5.41) is 18.2. The van der Waals surface area contributed by atoms with Gasteiger partial charge in [0.2, 0.25) is 0 Å². The van der Waals surface area contributed by atoms with E-state index in [2.05, 4.69) is 10.6 Å². The van der Waals surface area contributed by atoms with Crippen LogP contribution < -0.4 is 10.6 Å². The molecule has 1 amide bonds. The summed E-state index contributed by atoms with van der Waals surface area (Å²) >= 11 is 0. The Kier molecular flexibility index (Phi) is 4.06. The minimum Gasteiger partial charge on any atom is -0.506 e. The molecule has 1 atom stereocenters. The predicted octanol–water partition coefficient (Wildman–Crippen LogP) is 2.42. The molecule has 0 bridgehead atoms. The topological polar surface area (TPSA) is 61.4 Å². The third-order valence-electron chi connectivity index (χ3n) is 4.09. The second kappa shape index (κ2) is 6.14. The lowest BCUT2D eigenvalue weighted by Crippen LogP contribution is -2.30. The molecule has 1 saturated heterocycles. The summed E-state index contributed by atoms with van der Waals surface area (Å²) < 4.78 is 0. The summed E-state index contributed by atoms with van der Waals surface area (Å²) in [5.74, 6) is -0.152. The van der Waals surface area contributed by atoms with Gasteiger partial charge in [-0.25, -0.2) is 0 Å². The SMILES string of the molecule is O=C(NCCC1CCCN1)c1ccc2ccccc2c1O. The molecular formula is C17H20N2O2. The van der Waals surface area contributed by atoms with E-state index in [1.165, 1.54) is 12.8 Å². The minimum atomic E-state index is -0.212. The van der Waals surface area contributed by atoms with Crippen molar-refractivity contribution >= 4 is 16.7 Å². The molecule has 110 valence electrons. The maximum Gasteiger partial charge on any atom is 0.255 e. The normalized spacial score (nSPS) is 18.0. The maximum atomic E-state index is 12.2. The maximum absolute atomic E-state index is 12.2. The van der Waals surface area contributed by atoms with Gasteiger partial charge in [-0.15, -0.1) is 0 Å². The lowest BCUT2D eigenvalue weighted by Gasteiger charge is -2.12. The summed E-state index contributed by atoms with van der Waals surface area (Å²) in [6.45, 7) is 1.70. The molecule has 1 aliphatic heterocycles. The molecule has 3 N–H and O–H groups in total. The number of carbonyl (C=O) groups excluding carboxylic acids is 1. The van der Waals surface area contributed by atoms with Crippen LogP contribution in [-0.4, -0.2) is 30.1 Å². The lowest BCUT2D eigenvalue weighted by atomic mass is 10.0. The van der Waals surface area contributed by atoms with Crippen molar-refractivity contribution in [3.05, 3.63) is 42.0 Å². The standard InChI is InChI=1S/C17H20N2O2/c20-16-14-6-2-1-4-12(14)7-8-15(16)17(21)19-11-9-13-5-3-10-18-13/h1-2,4,6-8,13,18,20H,3,5,9-11H2,(H,19,21). The molecule has 1 aliphatic rings. The average Bonchev–Trinajstić information content (AvgIpc) is 3.01. The quantitative estimate of drug-likeness (QED) is 0.808. The molecular weight excluding hydrogens is 264 g/mol. The highest BCUT2D eigenvalue weighted by Gasteiger charge is 2.16. The Labute approximate surface area is 124 Å². The fourth-order valence-corrected chi connectivity index (χ4v) is 2.90. The van der Waals surface area contributed by atoms with Crippen LogP contribution in [0.15, 0.2) is 36.4 Å². The van der Waals surface area contributed by atoms with Gasteiger partial charge in [0, 0.05) is 18.0 Å². The van der Waals surface area contributed by atoms with Gasteiger partial charge in [0.1, 0.15) is 5.75 Å². The lowest BCUT2D eigenvalue weighted by molar-refractivity contribution is 0.0950. The number of benzene rings is 2. The van der Waals surface area contributed by atoms with Crippen molar-refractivity contribution in [1.82, 2.24) is 10.6 Å². The Morgan fingerprint density at radius 2 is 2.14 bits per heavy atom. The first-order valence-electron chi connectivity index (χ1n) is 7.48. The van der Waals surface area contributed by atoms with Crippen LogP contribution in [0.5, 0.6) is 5.75 Å². The number of nitrogens with one attached hydrogen (secondary N) is 2. The van der Waals surface area contributed by atoms with Gasteiger partial charge in [-0.3, -0.25) is 4.79 Å². The van der Waals surface area contributed by atoms with Gasteiger partial charge >= 0.3 is 0 Å². The van der Waals surface area contributed by atoms with Crippen molar-refractivity contribution in [3.63, 3.8) is 0 Å². The largest absolute Gasteiger partial charge is 0.506 e. The van der Waals surface area contributed by atoms with E-state index in [4.69, 9.17) is 0 Å². The van der Waals surface area contributed by atoms with Crippen molar-refractivity contribution in [2.24, 2.45) is 0 Å². The summed E-state index contributed by atoms with van der Waals surface area (Å²) in [6, 6.07) is 11.6. The third kappa shape index (κ3) is 3.00. The first-order valence-corrected chi connectivity index (χ1v) is 7.48. The molecule has 1 heterocycles. The van der Waals surface area contributed by atoms with Crippen molar-refractivity contribution in [2.45, 2.75) is 25.3 Å². The van der Waals surface area contributed by atoms with E-state index in [1.807, 2.05) is 30.3 Å². The zero-order valence-electron chi connectivity index (χ0n) is 11.9. The Hall–Kier alpha value is -2.07. The van der Waals surface area contributed by atoms with E-state index in [-0.39, 0.29) is 11.7 Å². The number of carbonyl (C=O) groups is 1. The Morgan fingerprint density at radius 3 is 2.95 bits per heavy atom. The number of amides is 1. The molecule has 1 fully saturated rings. The molecule has 2 aromatic carbocycles. The monoisotopic (exact) mass is 284 g/mol. The van der Waals surface area contributed by atoms with Crippen molar-refractivity contribution in [2.75, 3.05) is 13.1 Å². The molecule has 0 radical (unpaired) electrons. The number of phenolic OH excluding ortho intramolecular Hbond substituents is 1. The van der Waals surface area contributed by atoms with E-state index in [1.54, 1.807) is 6.07 Å². The first-order chi connectivity index (χ1) is 10.3. The number of hydrogen-bond donors (Lipinski definition) is 3. The van der Waals surface area contributed by atoms with Crippen LogP contribution in [0, 0.1) is 0 Å². The number of hydrogen-bond acceptors (Lipinski definition) is 3. The molecule has 0 saturated carbocycles. The summed E-state index contributed by atoms with van der Waals surface area (Å²) in [5.41, 5.74) is 0.341. The summed E-state index contributed by atoms with van der Waals surface area (Å²) in [4.78, 5) is 12.2. The minimum absolute atomic E-state index is 0.0598. The van der Waals surface area contributed by atoms with Crippen LogP contribution in [0.1, 0.15) is 29.6 Å². The zero-order chi connectivity index (χ0) is 14.7. The fraction of sp³-hybridized carbons (Fsp3) is 0.353. The molecule has 1 unspecified atom stereocenters. The van der Waals surface area contributed by atoms with Gasteiger partial charge in [-0.1, -0.05) is 30.3 Å². The van der Waals surface area contributed by atoms with Gasteiger partial charge in [0.05, 0.1) is 5.56 Å². The summed E-state index contributed by atoms with van der Waals surface area (Å²) in [7, 11) is 0. The fourth-order valence-electron chi connectivity index (χ4n) is 2.90. The van der Waals surface area contributed by atoms with Crippen LogP contribution in [-0.2, 0) is 0 Å². The number of fused-ring (bicyclic) bond motifs is 1. The molecule has 4 nitrogen and oxygen atoms in total. The van der Waals surface area contributed by atoms with Gasteiger partial charge in [0.25, 0.3) is 5.91 Å². The van der Waals surface area contributed by atoms with E-state index >= 15 is 0 Å². The van der Waals surface area contributed by atoms with Gasteiger partial charge < -0.3 is 15.7 Å². The van der Waals surface area contributed by atoms with Crippen LogP contribution in [0.4, 0.5) is 0 Å². The van der Waals surface area contributed by atoms with Crippen molar-refractivity contribution in [1.29, 1.82) is 0 Å². The number of aromatic hydroxyl groups is 1. The molecule has 0 aliphatic carbocycles. The van der Waals surface area contributed by atoms with Crippen molar-refractivity contribution in [3.8, 4) is 5.75 Å². The first kappa shape index (κ1) is 13.9. The second-order valence-corrected chi connectivity index (χ2v) is 5.52. The van der Waals surface area contributed by atoms with Crippen LogP contribution in [0.25, 0.3) is 10.8 Å². The predicted molar refractivity (Wildman–Crippen MR) is 83.6 cm³/mol. The Bertz CT molecular complexity index is 648. The van der Waals surface area contributed by atoms with Gasteiger partial charge in [-0.2, -0.15) is 0 Å².